The lowest BCUT2D eigenvalue weighted by atomic mass is 9.88. The van der Waals surface area contributed by atoms with E-state index in [9.17, 15) is 9.18 Å². The molecule has 3 heterocycles. The zero-order valence-electron chi connectivity index (χ0n) is 16.4. The molecule has 1 spiro atoms. The maximum Gasteiger partial charge on any atom is 0.255 e. The van der Waals surface area contributed by atoms with Crippen LogP contribution in [0.1, 0.15) is 26.2 Å². The minimum atomic E-state index is -0.550. The summed E-state index contributed by atoms with van der Waals surface area (Å²) in [5, 5.41) is 0. The molecule has 28 heavy (non-hydrogen) atoms. The molecule has 1 unspecified atom stereocenters. The van der Waals surface area contributed by atoms with E-state index in [2.05, 4.69) is 23.0 Å². The van der Waals surface area contributed by atoms with Gasteiger partial charge in [0.1, 0.15) is 11.9 Å². The van der Waals surface area contributed by atoms with E-state index in [0.717, 1.165) is 45.1 Å². The molecule has 6 heteroatoms. The Labute approximate surface area is 166 Å². The maximum atomic E-state index is 13.6. The molecule has 3 rings (SSSR count). The third kappa shape index (κ3) is 4.56. The molecular formula is C22H28FN3O2. The number of allylic oxidation sites excluding steroid dienone is 3. The standard InChI is InChI=1S/C22H28FN3O2/c1-4-6-18(5-2)7-10-25-11-8-22(9-12-25)16-26(21(27)17(3)28-22)20-13-19(23)14-24-15-20/h4-6,13-15,17H,1-2,7-12,16H2,3H3/b18-6+. The van der Waals surface area contributed by atoms with Gasteiger partial charge >= 0.3 is 0 Å². The molecular weight excluding hydrogens is 357 g/mol. The first kappa shape index (κ1) is 20.4. The van der Waals surface area contributed by atoms with Gasteiger partial charge < -0.3 is 14.5 Å². The molecule has 2 saturated heterocycles. The van der Waals surface area contributed by atoms with E-state index in [1.54, 1.807) is 17.9 Å². The Bertz CT molecular complexity index is 769. The fraction of sp³-hybridized carbons (Fsp3) is 0.455. The van der Waals surface area contributed by atoms with E-state index in [1.165, 1.54) is 17.8 Å². The van der Waals surface area contributed by atoms with Gasteiger partial charge in [-0.15, -0.1) is 0 Å². The number of piperidine rings is 1. The average Bonchev–Trinajstić information content (AvgIpc) is 2.69. The van der Waals surface area contributed by atoms with Crippen LogP contribution in [0, 0.1) is 5.82 Å². The van der Waals surface area contributed by atoms with Crippen LogP contribution in [0.15, 0.2) is 55.4 Å². The van der Waals surface area contributed by atoms with Gasteiger partial charge in [0.2, 0.25) is 0 Å². The molecule has 5 nitrogen and oxygen atoms in total. The van der Waals surface area contributed by atoms with Crippen LogP contribution in [-0.4, -0.2) is 53.7 Å². The first-order chi connectivity index (χ1) is 13.5. The summed E-state index contributed by atoms with van der Waals surface area (Å²) in [7, 11) is 0. The van der Waals surface area contributed by atoms with E-state index in [4.69, 9.17) is 4.74 Å². The van der Waals surface area contributed by atoms with Gasteiger partial charge in [-0.2, -0.15) is 0 Å². The number of likely N-dealkylation sites (tertiary alicyclic amines) is 1. The van der Waals surface area contributed by atoms with Gasteiger partial charge in [0.15, 0.2) is 0 Å². The highest BCUT2D eigenvalue weighted by Crippen LogP contribution is 2.35. The highest BCUT2D eigenvalue weighted by Gasteiger charge is 2.45. The number of aromatic nitrogens is 1. The van der Waals surface area contributed by atoms with Gasteiger partial charge in [-0.25, -0.2) is 4.39 Å². The number of carbonyl (C=O) groups excluding carboxylic acids is 1. The van der Waals surface area contributed by atoms with Crippen LogP contribution in [0.4, 0.5) is 10.1 Å². The second-order valence-corrected chi connectivity index (χ2v) is 7.50. The summed E-state index contributed by atoms with van der Waals surface area (Å²) in [4.78, 5) is 20.5. The van der Waals surface area contributed by atoms with Crippen LogP contribution in [0.25, 0.3) is 0 Å². The molecule has 0 saturated carbocycles. The molecule has 2 aliphatic rings. The van der Waals surface area contributed by atoms with E-state index in [1.807, 2.05) is 12.2 Å². The van der Waals surface area contributed by atoms with Gasteiger partial charge in [-0.05, 0) is 31.8 Å². The van der Waals surface area contributed by atoms with Crippen molar-refractivity contribution in [3.63, 3.8) is 0 Å². The fourth-order valence-electron chi connectivity index (χ4n) is 3.97. The third-order valence-corrected chi connectivity index (χ3v) is 5.57. The molecule has 0 radical (unpaired) electrons. The molecule has 1 aromatic rings. The van der Waals surface area contributed by atoms with Crippen molar-refractivity contribution in [3.05, 3.63) is 61.2 Å². The van der Waals surface area contributed by atoms with E-state index in [-0.39, 0.29) is 5.91 Å². The quantitative estimate of drug-likeness (QED) is 0.703. The summed E-state index contributed by atoms with van der Waals surface area (Å²) < 4.78 is 19.8. The fourth-order valence-corrected chi connectivity index (χ4v) is 3.97. The van der Waals surface area contributed by atoms with Gasteiger partial charge in [0.25, 0.3) is 5.91 Å². The highest BCUT2D eigenvalue weighted by atomic mass is 19.1. The predicted molar refractivity (Wildman–Crippen MR) is 109 cm³/mol. The zero-order valence-corrected chi connectivity index (χ0v) is 16.4. The van der Waals surface area contributed by atoms with Crippen molar-refractivity contribution in [2.45, 2.75) is 37.9 Å². The van der Waals surface area contributed by atoms with Gasteiger partial charge in [0, 0.05) is 25.7 Å². The molecule has 1 atom stereocenters. The number of hydrogen-bond donors (Lipinski definition) is 0. The Morgan fingerprint density at radius 3 is 2.79 bits per heavy atom. The van der Waals surface area contributed by atoms with Gasteiger partial charge in [-0.1, -0.05) is 31.4 Å². The lowest BCUT2D eigenvalue weighted by Gasteiger charge is -2.49. The number of amides is 1. The lowest BCUT2D eigenvalue weighted by Crippen LogP contribution is -2.61. The minimum Gasteiger partial charge on any atom is -0.360 e. The number of rotatable bonds is 6. The smallest absolute Gasteiger partial charge is 0.255 e. The van der Waals surface area contributed by atoms with Crippen molar-refractivity contribution in [3.8, 4) is 0 Å². The Morgan fingerprint density at radius 1 is 1.39 bits per heavy atom. The number of anilines is 1. The van der Waals surface area contributed by atoms with Crippen LogP contribution in [-0.2, 0) is 9.53 Å². The molecule has 2 aliphatic heterocycles. The second kappa shape index (κ2) is 8.80. The van der Waals surface area contributed by atoms with Crippen molar-refractivity contribution in [2.24, 2.45) is 0 Å². The number of morpholine rings is 1. The summed E-state index contributed by atoms with van der Waals surface area (Å²) in [6, 6.07) is 1.36. The normalized spacial score (nSPS) is 23.1. The Balaban J connectivity index is 1.65. The SMILES string of the molecule is C=C/C=C(\C=C)CCN1CCC2(CC1)CN(c1cncc(F)c1)C(=O)C(C)O2. The zero-order chi connectivity index (χ0) is 20.1. The van der Waals surface area contributed by atoms with Crippen molar-refractivity contribution >= 4 is 11.6 Å². The van der Waals surface area contributed by atoms with E-state index < -0.39 is 17.5 Å². The van der Waals surface area contributed by atoms with E-state index >= 15 is 0 Å². The average molecular weight is 385 g/mol. The predicted octanol–water partition coefficient (Wildman–Crippen LogP) is 3.50. The molecule has 1 amide bonds. The molecule has 0 bridgehead atoms. The van der Waals surface area contributed by atoms with Crippen LogP contribution < -0.4 is 4.90 Å². The number of pyridine rings is 1. The van der Waals surface area contributed by atoms with Crippen molar-refractivity contribution in [1.82, 2.24) is 9.88 Å². The van der Waals surface area contributed by atoms with E-state index in [0.29, 0.717) is 12.2 Å². The monoisotopic (exact) mass is 385 g/mol. The molecule has 2 fully saturated rings. The van der Waals surface area contributed by atoms with Crippen LogP contribution >= 0.6 is 0 Å². The highest BCUT2D eigenvalue weighted by molar-refractivity contribution is 5.97. The summed E-state index contributed by atoms with van der Waals surface area (Å²) in [5.41, 5.74) is 1.27. The van der Waals surface area contributed by atoms with Crippen LogP contribution in [0.5, 0.6) is 0 Å². The summed E-state index contributed by atoms with van der Waals surface area (Å²) >= 11 is 0. The first-order valence-corrected chi connectivity index (χ1v) is 9.72. The summed E-state index contributed by atoms with van der Waals surface area (Å²) in [6.07, 6.45) is 10.4. The Morgan fingerprint density at radius 2 is 2.14 bits per heavy atom. The maximum absolute atomic E-state index is 13.6. The van der Waals surface area contributed by atoms with Crippen LogP contribution in [0.2, 0.25) is 0 Å². The van der Waals surface area contributed by atoms with Crippen molar-refractivity contribution in [2.75, 3.05) is 31.1 Å². The number of hydrogen-bond acceptors (Lipinski definition) is 4. The Kier molecular flexibility index (Phi) is 6.42. The van der Waals surface area contributed by atoms with Gasteiger partial charge in [0.05, 0.1) is 30.2 Å². The number of nitrogens with zero attached hydrogens (tertiary/aromatic N) is 3. The Hall–Kier alpha value is -2.31. The number of halogens is 1. The molecule has 0 aliphatic carbocycles. The lowest BCUT2D eigenvalue weighted by molar-refractivity contribution is -0.161. The van der Waals surface area contributed by atoms with Crippen molar-refractivity contribution in [1.29, 1.82) is 0 Å². The second-order valence-electron chi connectivity index (χ2n) is 7.50. The summed E-state index contributed by atoms with van der Waals surface area (Å²) in [6.45, 7) is 12.5. The molecule has 0 aromatic carbocycles. The largest absolute Gasteiger partial charge is 0.360 e. The molecule has 1 aromatic heterocycles. The van der Waals surface area contributed by atoms with Gasteiger partial charge in [-0.3, -0.25) is 9.78 Å². The number of carbonyl (C=O) groups is 1. The number of ether oxygens (including phenoxy) is 1. The topological polar surface area (TPSA) is 45.7 Å². The first-order valence-electron chi connectivity index (χ1n) is 9.72. The van der Waals surface area contributed by atoms with Crippen molar-refractivity contribution < 1.29 is 13.9 Å². The minimum absolute atomic E-state index is 0.148. The third-order valence-electron chi connectivity index (χ3n) is 5.57. The molecule has 150 valence electrons. The summed E-state index contributed by atoms with van der Waals surface area (Å²) in [5.74, 6) is -0.593. The van der Waals surface area contributed by atoms with Crippen LogP contribution in [0.3, 0.4) is 0 Å². The molecule has 0 N–H and O–H groups in total.